The molecule has 1 aromatic heterocycles. The van der Waals surface area contributed by atoms with Crippen molar-refractivity contribution in [2.45, 2.75) is 19.4 Å². The third-order valence-electron chi connectivity index (χ3n) is 3.18. The third-order valence-corrected chi connectivity index (χ3v) is 3.18. The number of carbonyl (C=O) groups is 1. The molecule has 0 aliphatic heterocycles. The van der Waals surface area contributed by atoms with Gasteiger partial charge in [-0.3, -0.25) is 9.59 Å². The van der Waals surface area contributed by atoms with E-state index >= 15 is 0 Å². The van der Waals surface area contributed by atoms with Gasteiger partial charge in [0.05, 0.1) is 12.6 Å². The van der Waals surface area contributed by atoms with Crippen LogP contribution in [-0.4, -0.2) is 28.6 Å². The SMILES string of the molecule is Cc1ccc(C(=O)NC(CO)Cc2ccccc2)c(=O)[nH]1. The molecule has 0 saturated heterocycles. The maximum atomic E-state index is 12.1. The molecule has 2 rings (SSSR count). The third kappa shape index (κ3) is 4.03. The van der Waals surface area contributed by atoms with E-state index in [1.54, 1.807) is 13.0 Å². The molecule has 0 aliphatic rings. The van der Waals surface area contributed by atoms with E-state index in [2.05, 4.69) is 10.3 Å². The number of hydrogen-bond donors (Lipinski definition) is 3. The van der Waals surface area contributed by atoms with Gasteiger partial charge >= 0.3 is 0 Å². The van der Waals surface area contributed by atoms with Crippen molar-refractivity contribution in [1.82, 2.24) is 10.3 Å². The van der Waals surface area contributed by atoms with Gasteiger partial charge in [0.25, 0.3) is 11.5 Å². The molecular formula is C16H18N2O3. The van der Waals surface area contributed by atoms with E-state index in [4.69, 9.17) is 0 Å². The van der Waals surface area contributed by atoms with Gasteiger partial charge in [0, 0.05) is 5.69 Å². The molecule has 2 aromatic rings. The monoisotopic (exact) mass is 286 g/mol. The molecule has 0 bridgehead atoms. The van der Waals surface area contributed by atoms with Crippen molar-refractivity contribution in [2.24, 2.45) is 0 Å². The number of hydrogen-bond acceptors (Lipinski definition) is 3. The van der Waals surface area contributed by atoms with Crippen molar-refractivity contribution < 1.29 is 9.90 Å². The Hall–Kier alpha value is -2.40. The zero-order chi connectivity index (χ0) is 15.2. The van der Waals surface area contributed by atoms with Gasteiger partial charge in [0.15, 0.2) is 0 Å². The molecule has 110 valence electrons. The molecular weight excluding hydrogens is 268 g/mol. The Morgan fingerprint density at radius 1 is 1.24 bits per heavy atom. The van der Waals surface area contributed by atoms with Crippen molar-refractivity contribution in [3.63, 3.8) is 0 Å². The minimum atomic E-state index is -0.480. The number of amides is 1. The fourth-order valence-corrected chi connectivity index (χ4v) is 2.07. The van der Waals surface area contributed by atoms with Crippen LogP contribution in [0, 0.1) is 6.92 Å². The zero-order valence-electron chi connectivity index (χ0n) is 11.8. The first-order chi connectivity index (χ1) is 10.1. The Morgan fingerprint density at radius 2 is 1.95 bits per heavy atom. The first kappa shape index (κ1) is 15.0. The van der Waals surface area contributed by atoms with Crippen LogP contribution in [0.3, 0.4) is 0 Å². The number of aliphatic hydroxyl groups excluding tert-OH is 1. The predicted octanol–water partition coefficient (Wildman–Crippen LogP) is 1.02. The van der Waals surface area contributed by atoms with Gasteiger partial charge in [-0.05, 0) is 31.0 Å². The number of aryl methyl sites for hydroxylation is 1. The van der Waals surface area contributed by atoms with Gasteiger partial charge in [-0.25, -0.2) is 0 Å². The van der Waals surface area contributed by atoms with Crippen molar-refractivity contribution in [2.75, 3.05) is 6.61 Å². The number of aromatic nitrogens is 1. The normalized spacial score (nSPS) is 11.9. The van der Waals surface area contributed by atoms with Crippen LogP contribution in [0.15, 0.2) is 47.3 Å². The smallest absolute Gasteiger partial charge is 0.260 e. The quantitative estimate of drug-likeness (QED) is 0.767. The second kappa shape index (κ2) is 6.85. The Labute approximate surface area is 122 Å². The Kier molecular flexibility index (Phi) is 4.90. The van der Waals surface area contributed by atoms with E-state index in [9.17, 15) is 14.7 Å². The highest BCUT2D eigenvalue weighted by molar-refractivity contribution is 5.94. The molecule has 0 saturated carbocycles. The zero-order valence-corrected chi connectivity index (χ0v) is 11.8. The van der Waals surface area contributed by atoms with Gasteiger partial charge in [0.1, 0.15) is 5.56 Å². The summed E-state index contributed by atoms with van der Waals surface area (Å²) in [6, 6.07) is 12.3. The van der Waals surface area contributed by atoms with Crippen molar-refractivity contribution >= 4 is 5.91 Å². The highest BCUT2D eigenvalue weighted by Gasteiger charge is 2.16. The van der Waals surface area contributed by atoms with Crippen LogP contribution in [0.5, 0.6) is 0 Å². The molecule has 1 unspecified atom stereocenters. The van der Waals surface area contributed by atoms with Gasteiger partial charge in [-0.15, -0.1) is 0 Å². The fourth-order valence-electron chi connectivity index (χ4n) is 2.07. The lowest BCUT2D eigenvalue weighted by Crippen LogP contribution is -2.41. The van der Waals surface area contributed by atoms with Crippen LogP contribution in [0.4, 0.5) is 0 Å². The highest BCUT2D eigenvalue weighted by atomic mass is 16.3. The van der Waals surface area contributed by atoms with Gasteiger partial charge < -0.3 is 15.4 Å². The van der Waals surface area contributed by atoms with E-state index in [1.807, 2.05) is 30.3 Å². The molecule has 0 radical (unpaired) electrons. The lowest BCUT2D eigenvalue weighted by molar-refractivity contribution is 0.0915. The van der Waals surface area contributed by atoms with Crippen molar-refractivity contribution in [1.29, 1.82) is 0 Å². The Balaban J connectivity index is 2.07. The maximum Gasteiger partial charge on any atom is 0.260 e. The average Bonchev–Trinajstić information content (AvgIpc) is 2.47. The van der Waals surface area contributed by atoms with Crippen molar-refractivity contribution in [3.05, 3.63) is 69.6 Å². The standard InChI is InChI=1S/C16H18N2O3/c1-11-7-8-14(15(20)17-11)16(21)18-13(10-19)9-12-5-3-2-4-6-12/h2-8,13,19H,9-10H2,1H3,(H,17,20)(H,18,21). The molecule has 1 aromatic carbocycles. The summed E-state index contributed by atoms with van der Waals surface area (Å²) in [5.41, 5.74) is 1.32. The molecule has 1 amide bonds. The topological polar surface area (TPSA) is 82.2 Å². The summed E-state index contributed by atoms with van der Waals surface area (Å²) in [6.45, 7) is 1.55. The first-order valence-corrected chi connectivity index (χ1v) is 6.75. The van der Waals surface area contributed by atoms with Crippen LogP contribution in [0.25, 0.3) is 0 Å². The molecule has 3 N–H and O–H groups in total. The number of aromatic amines is 1. The maximum absolute atomic E-state index is 12.1. The van der Waals surface area contributed by atoms with E-state index in [-0.39, 0.29) is 12.2 Å². The lowest BCUT2D eigenvalue weighted by atomic mass is 10.1. The number of carbonyl (C=O) groups excluding carboxylic acids is 1. The minimum absolute atomic E-state index is 0.0483. The predicted molar refractivity (Wildman–Crippen MR) is 80.3 cm³/mol. The second-order valence-electron chi connectivity index (χ2n) is 4.93. The van der Waals surface area contributed by atoms with Gasteiger partial charge in [-0.2, -0.15) is 0 Å². The van der Waals surface area contributed by atoms with E-state index in [0.717, 1.165) is 5.56 Å². The molecule has 1 heterocycles. The Bertz CT molecular complexity index is 665. The summed E-state index contributed by atoms with van der Waals surface area (Å²) < 4.78 is 0. The van der Waals surface area contributed by atoms with Gasteiger partial charge in [0.2, 0.25) is 0 Å². The van der Waals surface area contributed by atoms with E-state index in [1.165, 1.54) is 6.07 Å². The summed E-state index contributed by atoms with van der Waals surface area (Å²) in [4.78, 5) is 26.4. The summed E-state index contributed by atoms with van der Waals surface area (Å²) in [5, 5.41) is 12.1. The molecule has 5 heteroatoms. The van der Waals surface area contributed by atoms with Crippen LogP contribution >= 0.6 is 0 Å². The number of H-pyrrole nitrogens is 1. The van der Waals surface area contributed by atoms with E-state index in [0.29, 0.717) is 12.1 Å². The van der Waals surface area contributed by atoms with Gasteiger partial charge in [-0.1, -0.05) is 30.3 Å². The molecule has 0 fully saturated rings. The largest absolute Gasteiger partial charge is 0.394 e. The lowest BCUT2D eigenvalue weighted by Gasteiger charge is -2.16. The second-order valence-corrected chi connectivity index (χ2v) is 4.93. The molecule has 5 nitrogen and oxygen atoms in total. The molecule has 0 spiro atoms. The molecule has 21 heavy (non-hydrogen) atoms. The van der Waals surface area contributed by atoms with Crippen LogP contribution in [0.1, 0.15) is 21.6 Å². The number of pyridine rings is 1. The van der Waals surface area contributed by atoms with Crippen LogP contribution in [0.2, 0.25) is 0 Å². The van der Waals surface area contributed by atoms with Crippen LogP contribution in [-0.2, 0) is 6.42 Å². The first-order valence-electron chi connectivity index (χ1n) is 6.75. The summed E-state index contributed by atoms with van der Waals surface area (Å²) in [7, 11) is 0. The average molecular weight is 286 g/mol. The number of aliphatic hydroxyl groups is 1. The summed E-state index contributed by atoms with van der Waals surface area (Å²) in [5.74, 6) is -0.480. The fraction of sp³-hybridized carbons (Fsp3) is 0.250. The van der Waals surface area contributed by atoms with Crippen molar-refractivity contribution in [3.8, 4) is 0 Å². The molecule has 0 aliphatic carbocycles. The van der Waals surface area contributed by atoms with E-state index < -0.39 is 17.5 Å². The summed E-state index contributed by atoms with van der Waals surface area (Å²) >= 11 is 0. The molecule has 1 atom stereocenters. The minimum Gasteiger partial charge on any atom is -0.394 e. The summed E-state index contributed by atoms with van der Waals surface area (Å²) in [6.07, 6.45) is 0.507. The van der Waals surface area contributed by atoms with Crippen LogP contribution < -0.4 is 10.9 Å². The number of rotatable bonds is 5. The number of benzene rings is 1. The highest BCUT2D eigenvalue weighted by Crippen LogP contribution is 2.04. The Morgan fingerprint density at radius 3 is 2.57 bits per heavy atom. The number of nitrogens with one attached hydrogen (secondary N) is 2.